The Morgan fingerprint density at radius 1 is 1.00 bits per heavy atom. The lowest BCUT2D eigenvalue weighted by Gasteiger charge is -2.22. The first-order chi connectivity index (χ1) is 8.76. The fourth-order valence-corrected chi connectivity index (χ4v) is 2.83. The van der Waals surface area contributed by atoms with Crippen molar-refractivity contribution >= 4 is 0 Å². The average Bonchev–Trinajstić information content (AvgIpc) is 2.62. The minimum atomic E-state index is 0.269. The first kappa shape index (κ1) is 13.2. The summed E-state index contributed by atoms with van der Waals surface area (Å²) in [6, 6.07) is 6.45. The van der Waals surface area contributed by atoms with E-state index in [0.29, 0.717) is 5.92 Å². The van der Waals surface area contributed by atoms with Crippen LogP contribution in [-0.4, -0.2) is 20.3 Å². The van der Waals surface area contributed by atoms with E-state index in [4.69, 9.17) is 15.2 Å². The van der Waals surface area contributed by atoms with E-state index in [1.54, 1.807) is 14.2 Å². The van der Waals surface area contributed by atoms with Gasteiger partial charge >= 0.3 is 0 Å². The Labute approximate surface area is 109 Å². The van der Waals surface area contributed by atoms with E-state index < -0.39 is 0 Å². The maximum absolute atomic E-state index is 6.30. The second-order valence-electron chi connectivity index (χ2n) is 5.02. The van der Waals surface area contributed by atoms with Crippen LogP contribution in [0.2, 0.25) is 0 Å². The lowest BCUT2D eigenvalue weighted by Crippen LogP contribution is -2.27. The zero-order valence-electron chi connectivity index (χ0n) is 11.3. The van der Waals surface area contributed by atoms with Crippen molar-refractivity contribution in [3.8, 4) is 11.5 Å². The van der Waals surface area contributed by atoms with Crippen LogP contribution in [0.25, 0.3) is 0 Å². The second-order valence-corrected chi connectivity index (χ2v) is 5.02. The predicted octanol–water partition coefficient (Wildman–Crippen LogP) is 3.08. The van der Waals surface area contributed by atoms with Gasteiger partial charge in [0.25, 0.3) is 0 Å². The fourth-order valence-electron chi connectivity index (χ4n) is 2.83. The molecule has 1 aromatic carbocycles. The van der Waals surface area contributed by atoms with Gasteiger partial charge in [0.15, 0.2) is 11.5 Å². The van der Waals surface area contributed by atoms with E-state index in [0.717, 1.165) is 17.9 Å². The Hall–Kier alpha value is -1.22. The number of rotatable bonds is 3. The molecule has 1 fully saturated rings. The summed E-state index contributed by atoms with van der Waals surface area (Å²) in [5, 5.41) is 0. The Bertz CT molecular complexity index is 392. The molecule has 1 aliphatic carbocycles. The number of hydrogen-bond acceptors (Lipinski definition) is 3. The molecule has 3 heteroatoms. The first-order valence-corrected chi connectivity index (χ1v) is 6.73. The molecule has 1 aromatic rings. The standard InChI is InChI=1S/C15H23NO2/c1-17-14-9-8-11(10-15(14)18-2)12-6-4-3-5-7-13(12)16/h8-10,12-13H,3-7,16H2,1-2H3. The van der Waals surface area contributed by atoms with Crippen molar-refractivity contribution in [3.05, 3.63) is 23.8 Å². The van der Waals surface area contributed by atoms with Gasteiger partial charge in [-0.3, -0.25) is 0 Å². The summed E-state index contributed by atoms with van der Waals surface area (Å²) >= 11 is 0. The van der Waals surface area contributed by atoms with Crippen LogP contribution in [0.3, 0.4) is 0 Å². The normalized spacial score (nSPS) is 24.4. The van der Waals surface area contributed by atoms with E-state index in [2.05, 4.69) is 12.1 Å². The average molecular weight is 249 g/mol. The van der Waals surface area contributed by atoms with Crippen LogP contribution in [0.5, 0.6) is 11.5 Å². The molecular formula is C15H23NO2. The molecule has 100 valence electrons. The van der Waals surface area contributed by atoms with Crippen LogP contribution in [0, 0.1) is 0 Å². The van der Waals surface area contributed by atoms with Crippen LogP contribution in [-0.2, 0) is 0 Å². The SMILES string of the molecule is COc1ccc(C2CCCCCC2N)cc1OC. The van der Waals surface area contributed by atoms with E-state index >= 15 is 0 Å². The smallest absolute Gasteiger partial charge is 0.160 e. The van der Waals surface area contributed by atoms with Crippen molar-refractivity contribution < 1.29 is 9.47 Å². The summed E-state index contributed by atoms with van der Waals surface area (Å²) < 4.78 is 10.6. The van der Waals surface area contributed by atoms with E-state index in [1.165, 1.54) is 31.2 Å². The topological polar surface area (TPSA) is 44.5 Å². The third kappa shape index (κ3) is 2.78. The molecule has 0 saturated heterocycles. The van der Waals surface area contributed by atoms with Gasteiger partial charge < -0.3 is 15.2 Å². The maximum Gasteiger partial charge on any atom is 0.160 e. The van der Waals surface area contributed by atoms with E-state index in [9.17, 15) is 0 Å². The van der Waals surface area contributed by atoms with Gasteiger partial charge in [0.05, 0.1) is 14.2 Å². The van der Waals surface area contributed by atoms with Gasteiger partial charge in [0.1, 0.15) is 0 Å². The van der Waals surface area contributed by atoms with Gasteiger partial charge in [-0.05, 0) is 36.5 Å². The summed E-state index contributed by atoms with van der Waals surface area (Å²) in [7, 11) is 3.34. The molecule has 3 nitrogen and oxygen atoms in total. The minimum Gasteiger partial charge on any atom is -0.493 e. The van der Waals surface area contributed by atoms with Crippen molar-refractivity contribution in [2.45, 2.75) is 44.1 Å². The quantitative estimate of drug-likeness (QED) is 0.837. The molecule has 0 radical (unpaired) electrons. The molecule has 0 aliphatic heterocycles. The number of nitrogens with two attached hydrogens (primary N) is 1. The molecule has 0 spiro atoms. The summed E-state index contributed by atoms with van der Waals surface area (Å²) in [4.78, 5) is 0. The molecule has 1 aliphatic rings. The lowest BCUT2D eigenvalue weighted by atomic mass is 9.88. The summed E-state index contributed by atoms with van der Waals surface area (Å²) in [6.45, 7) is 0. The van der Waals surface area contributed by atoms with Gasteiger partial charge in [-0.15, -0.1) is 0 Å². The fraction of sp³-hybridized carbons (Fsp3) is 0.600. The molecule has 2 atom stereocenters. The van der Waals surface area contributed by atoms with Gasteiger partial charge in [-0.1, -0.05) is 25.3 Å². The maximum atomic E-state index is 6.30. The molecular weight excluding hydrogens is 226 g/mol. The van der Waals surface area contributed by atoms with E-state index in [-0.39, 0.29) is 6.04 Å². The highest BCUT2D eigenvalue weighted by molar-refractivity contribution is 5.44. The van der Waals surface area contributed by atoms with Crippen molar-refractivity contribution in [3.63, 3.8) is 0 Å². The van der Waals surface area contributed by atoms with Gasteiger partial charge in [-0.2, -0.15) is 0 Å². The number of hydrogen-bond donors (Lipinski definition) is 1. The molecule has 2 unspecified atom stereocenters. The van der Waals surface area contributed by atoms with Crippen LogP contribution in [0.1, 0.15) is 43.6 Å². The molecule has 0 bridgehead atoms. The number of ether oxygens (including phenoxy) is 2. The van der Waals surface area contributed by atoms with Crippen LogP contribution in [0.15, 0.2) is 18.2 Å². The van der Waals surface area contributed by atoms with Crippen LogP contribution >= 0.6 is 0 Å². The third-order valence-corrected chi connectivity index (χ3v) is 3.91. The van der Waals surface area contributed by atoms with Gasteiger partial charge in [0.2, 0.25) is 0 Å². The molecule has 2 N–H and O–H groups in total. The summed E-state index contributed by atoms with van der Waals surface area (Å²) in [5.74, 6) is 2.03. The van der Waals surface area contributed by atoms with Gasteiger partial charge in [-0.25, -0.2) is 0 Å². The molecule has 0 amide bonds. The minimum absolute atomic E-state index is 0.269. The summed E-state index contributed by atoms with van der Waals surface area (Å²) in [6.07, 6.45) is 6.13. The Morgan fingerprint density at radius 2 is 1.72 bits per heavy atom. The highest BCUT2D eigenvalue weighted by atomic mass is 16.5. The molecule has 1 saturated carbocycles. The third-order valence-electron chi connectivity index (χ3n) is 3.91. The first-order valence-electron chi connectivity index (χ1n) is 6.73. The second kappa shape index (κ2) is 6.10. The number of benzene rings is 1. The zero-order valence-corrected chi connectivity index (χ0v) is 11.3. The monoisotopic (exact) mass is 249 g/mol. The zero-order chi connectivity index (χ0) is 13.0. The van der Waals surface area contributed by atoms with Crippen LogP contribution in [0.4, 0.5) is 0 Å². The van der Waals surface area contributed by atoms with E-state index in [1.807, 2.05) is 6.07 Å². The summed E-state index contributed by atoms with van der Waals surface area (Å²) in [5.41, 5.74) is 7.58. The Morgan fingerprint density at radius 3 is 2.44 bits per heavy atom. The van der Waals surface area contributed by atoms with Crippen molar-refractivity contribution in [1.82, 2.24) is 0 Å². The van der Waals surface area contributed by atoms with Crippen molar-refractivity contribution in [2.75, 3.05) is 14.2 Å². The highest BCUT2D eigenvalue weighted by Crippen LogP contribution is 2.36. The Kier molecular flexibility index (Phi) is 4.48. The Balaban J connectivity index is 2.26. The predicted molar refractivity (Wildman–Crippen MR) is 73.3 cm³/mol. The van der Waals surface area contributed by atoms with Crippen molar-refractivity contribution in [1.29, 1.82) is 0 Å². The molecule has 2 rings (SSSR count). The number of methoxy groups -OCH3 is 2. The largest absolute Gasteiger partial charge is 0.493 e. The molecule has 0 aromatic heterocycles. The molecule has 0 heterocycles. The van der Waals surface area contributed by atoms with Gasteiger partial charge in [0, 0.05) is 6.04 Å². The van der Waals surface area contributed by atoms with Crippen molar-refractivity contribution in [2.24, 2.45) is 5.73 Å². The lowest BCUT2D eigenvalue weighted by molar-refractivity contribution is 0.353. The van der Waals surface area contributed by atoms with Crippen LogP contribution < -0.4 is 15.2 Å². The molecule has 18 heavy (non-hydrogen) atoms. The highest BCUT2D eigenvalue weighted by Gasteiger charge is 2.23.